The summed E-state index contributed by atoms with van der Waals surface area (Å²) in [6.45, 7) is 1.83. The van der Waals surface area contributed by atoms with Gasteiger partial charge in [0.25, 0.3) is 5.91 Å². The van der Waals surface area contributed by atoms with Crippen LogP contribution in [0.15, 0.2) is 52.4 Å². The number of thiophene rings is 1. The summed E-state index contributed by atoms with van der Waals surface area (Å²) < 4.78 is 4.85. The lowest BCUT2D eigenvalue weighted by Gasteiger charge is -2.12. The Hall–Kier alpha value is -2.44. The average Bonchev–Trinajstić information content (AvgIpc) is 3.24. The van der Waals surface area contributed by atoms with E-state index in [1.165, 1.54) is 4.88 Å². The van der Waals surface area contributed by atoms with Gasteiger partial charge in [-0.3, -0.25) is 4.79 Å². The second-order valence-corrected chi connectivity index (χ2v) is 6.10. The predicted molar refractivity (Wildman–Crippen MR) is 88.3 cm³/mol. The van der Waals surface area contributed by atoms with Gasteiger partial charge in [-0.2, -0.15) is 0 Å². The Balaban J connectivity index is 1.60. The van der Waals surface area contributed by atoms with Gasteiger partial charge in [-0.25, -0.2) is 0 Å². The minimum absolute atomic E-state index is 0.114. The fraction of sp³-hybridized carbons (Fsp3) is 0.176. The van der Waals surface area contributed by atoms with Gasteiger partial charge in [-0.05, 0) is 29.5 Å². The number of aliphatic hydroxyl groups excluding tert-OH is 1. The number of carbonyl (C=O) groups is 1. The monoisotopic (exact) mass is 328 g/mol. The summed E-state index contributed by atoms with van der Waals surface area (Å²) in [6, 6.07) is 13.3. The number of aromatic nitrogens is 1. The molecule has 2 aromatic heterocycles. The molecule has 6 heteroatoms. The molecule has 1 atom stereocenters. The first-order valence-electron chi connectivity index (χ1n) is 7.17. The van der Waals surface area contributed by atoms with Crippen molar-refractivity contribution in [2.45, 2.75) is 13.0 Å². The van der Waals surface area contributed by atoms with Crippen molar-refractivity contribution in [2.24, 2.45) is 0 Å². The first-order chi connectivity index (χ1) is 11.1. The highest BCUT2D eigenvalue weighted by Crippen LogP contribution is 2.25. The van der Waals surface area contributed by atoms with E-state index in [1.54, 1.807) is 24.3 Å². The van der Waals surface area contributed by atoms with Gasteiger partial charge in [0.2, 0.25) is 0 Å². The molecule has 23 heavy (non-hydrogen) atoms. The van der Waals surface area contributed by atoms with E-state index in [2.05, 4.69) is 16.5 Å². The highest BCUT2D eigenvalue weighted by Gasteiger charge is 2.14. The highest BCUT2D eigenvalue weighted by molar-refractivity contribution is 7.13. The quantitative estimate of drug-likeness (QED) is 0.754. The average molecular weight is 328 g/mol. The molecule has 118 valence electrons. The van der Waals surface area contributed by atoms with Crippen molar-refractivity contribution in [2.75, 3.05) is 6.54 Å². The standard InChI is InChI=1S/C17H16N2O3S/c1-11-9-14(19-22-11)17(21)18-10-15(20)12-4-6-13(7-5-12)16-3-2-8-23-16/h2-9,15,20H,10H2,1H3,(H,18,21). The Morgan fingerprint density at radius 2 is 2.13 bits per heavy atom. The largest absolute Gasteiger partial charge is 0.387 e. The summed E-state index contributed by atoms with van der Waals surface area (Å²) in [5, 5.41) is 18.5. The van der Waals surface area contributed by atoms with E-state index in [1.807, 2.05) is 35.7 Å². The summed E-state index contributed by atoms with van der Waals surface area (Å²) >= 11 is 1.67. The van der Waals surface area contributed by atoms with Crippen molar-refractivity contribution in [1.29, 1.82) is 0 Å². The molecule has 1 aromatic carbocycles. The summed E-state index contributed by atoms with van der Waals surface area (Å²) in [5.74, 6) is 0.205. The Bertz CT molecular complexity index is 779. The van der Waals surface area contributed by atoms with Crippen molar-refractivity contribution in [3.63, 3.8) is 0 Å². The van der Waals surface area contributed by atoms with E-state index < -0.39 is 6.10 Å². The molecule has 0 saturated carbocycles. The highest BCUT2D eigenvalue weighted by atomic mass is 32.1. The number of benzene rings is 1. The van der Waals surface area contributed by atoms with Gasteiger partial charge in [-0.1, -0.05) is 35.5 Å². The van der Waals surface area contributed by atoms with Crippen LogP contribution in [-0.4, -0.2) is 22.7 Å². The number of hydrogen-bond donors (Lipinski definition) is 2. The number of rotatable bonds is 5. The molecule has 1 unspecified atom stereocenters. The van der Waals surface area contributed by atoms with E-state index in [-0.39, 0.29) is 18.1 Å². The smallest absolute Gasteiger partial charge is 0.273 e. The van der Waals surface area contributed by atoms with Gasteiger partial charge in [-0.15, -0.1) is 11.3 Å². The Morgan fingerprint density at radius 1 is 1.35 bits per heavy atom. The lowest BCUT2D eigenvalue weighted by Crippen LogP contribution is -2.28. The molecule has 0 aliphatic rings. The molecule has 2 heterocycles. The normalized spacial score (nSPS) is 12.1. The third kappa shape index (κ3) is 3.67. The lowest BCUT2D eigenvalue weighted by molar-refractivity contribution is 0.0907. The second kappa shape index (κ2) is 6.76. The first kappa shape index (κ1) is 15.5. The number of nitrogens with one attached hydrogen (secondary N) is 1. The number of aliphatic hydroxyl groups is 1. The third-order valence-corrected chi connectivity index (χ3v) is 4.34. The minimum Gasteiger partial charge on any atom is -0.387 e. The van der Waals surface area contributed by atoms with Crippen LogP contribution < -0.4 is 5.32 Å². The van der Waals surface area contributed by atoms with Crippen LogP contribution in [0.25, 0.3) is 10.4 Å². The minimum atomic E-state index is -0.774. The molecule has 0 bridgehead atoms. The fourth-order valence-corrected chi connectivity index (χ4v) is 2.92. The number of hydrogen-bond acceptors (Lipinski definition) is 5. The van der Waals surface area contributed by atoms with Crippen LogP contribution >= 0.6 is 11.3 Å². The van der Waals surface area contributed by atoms with Gasteiger partial charge in [0.1, 0.15) is 5.76 Å². The van der Waals surface area contributed by atoms with Crippen molar-refractivity contribution in [3.05, 3.63) is 64.9 Å². The van der Waals surface area contributed by atoms with Gasteiger partial charge in [0.05, 0.1) is 6.10 Å². The van der Waals surface area contributed by atoms with Crippen molar-refractivity contribution < 1.29 is 14.4 Å². The summed E-state index contributed by atoms with van der Waals surface area (Å²) in [4.78, 5) is 13.0. The number of amides is 1. The number of nitrogens with zero attached hydrogens (tertiary/aromatic N) is 1. The molecule has 5 nitrogen and oxygen atoms in total. The zero-order valence-corrected chi connectivity index (χ0v) is 13.3. The molecule has 0 fully saturated rings. The Morgan fingerprint density at radius 3 is 2.74 bits per heavy atom. The fourth-order valence-electron chi connectivity index (χ4n) is 2.18. The zero-order chi connectivity index (χ0) is 16.2. The maximum atomic E-state index is 11.9. The molecule has 0 aliphatic heterocycles. The van der Waals surface area contributed by atoms with Crippen LogP contribution in [0.2, 0.25) is 0 Å². The van der Waals surface area contributed by atoms with E-state index >= 15 is 0 Å². The second-order valence-electron chi connectivity index (χ2n) is 5.15. The van der Waals surface area contributed by atoms with Crippen LogP contribution in [0, 0.1) is 6.92 Å². The first-order valence-corrected chi connectivity index (χ1v) is 8.05. The van der Waals surface area contributed by atoms with E-state index in [9.17, 15) is 9.90 Å². The lowest BCUT2D eigenvalue weighted by atomic mass is 10.1. The van der Waals surface area contributed by atoms with E-state index in [4.69, 9.17) is 4.52 Å². The predicted octanol–water partition coefficient (Wildman–Crippen LogP) is 3.17. The molecular weight excluding hydrogens is 312 g/mol. The van der Waals surface area contributed by atoms with Crippen molar-refractivity contribution in [3.8, 4) is 10.4 Å². The molecule has 0 saturated heterocycles. The molecular formula is C17H16N2O3S. The van der Waals surface area contributed by atoms with Crippen LogP contribution in [0.4, 0.5) is 0 Å². The van der Waals surface area contributed by atoms with Crippen LogP contribution in [0.1, 0.15) is 27.9 Å². The third-order valence-electron chi connectivity index (χ3n) is 3.42. The van der Waals surface area contributed by atoms with Crippen molar-refractivity contribution in [1.82, 2.24) is 10.5 Å². The molecule has 2 N–H and O–H groups in total. The molecule has 0 spiro atoms. The molecule has 0 aliphatic carbocycles. The van der Waals surface area contributed by atoms with E-state index in [0.717, 1.165) is 11.1 Å². The zero-order valence-electron chi connectivity index (χ0n) is 12.5. The Labute approximate surface area is 137 Å². The molecule has 3 rings (SSSR count). The number of aryl methyl sites for hydroxylation is 1. The summed E-state index contributed by atoms with van der Waals surface area (Å²) in [5.41, 5.74) is 2.07. The topological polar surface area (TPSA) is 75.4 Å². The van der Waals surface area contributed by atoms with Gasteiger partial charge < -0.3 is 14.9 Å². The summed E-state index contributed by atoms with van der Waals surface area (Å²) in [6.07, 6.45) is -0.774. The number of carbonyl (C=O) groups excluding carboxylic acids is 1. The van der Waals surface area contributed by atoms with Gasteiger partial charge >= 0.3 is 0 Å². The van der Waals surface area contributed by atoms with Gasteiger partial charge in [0, 0.05) is 17.5 Å². The maximum Gasteiger partial charge on any atom is 0.273 e. The molecule has 1 amide bonds. The summed E-state index contributed by atoms with van der Waals surface area (Å²) in [7, 11) is 0. The van der Waals surface area contributed by atoms with Crippen molar-refractivity contribution >= 4 is 17.2 Å². The maximum absolute atomic E-state index is 11.9. The SMILES string of the molecule is Cc1cc(C(=O)NCC(O)c2ccc(-c3cccs3)cc2)no1. The molecule has 0 radical (unpaired) electrons. The van der Waals surface area contributed by atoms with E-state index in [0.29, 0.717) is 5.76 Å². The Kier molecular flexibility index (Phi) is 4.55. The van der Waals surface area contributed by atoms with Crippen LogP contribution in [0.3, 0.4) is 0 Å². The van der Waals surface area contributed by atoms with Gasteiger partial charge in [0.15, 0.2) is 5.69 Å². The van der Waals surface area contributed by atoms with Crippen LogP contribution in [-0.2, 0) is 0 Å². The molecule has 3 aromatic rings. The van der Waals surface area contributed by atoms with Crippen LogP contribution in [0.5, 0.6) is 0 Å².